The maximum atomic E-state index is 13.2. The Bertz CT molecular complexity index is 1420. The normalized spacial score (nSPS) is 17.3. The van der Waals surface area contributed by atoms with Gasteiger partial charge in [-0.05, 0) is 54.8 Å². The van der Waals surface area contributed by atoms with Crippen molar-refractivity contribution in [1.82, 2.24) is 14.5 Å². The summed E-state index contributed by atoms with van der Waals surface area (Å²) in [5.41, 5.74) is 0.743. The van der Waals surface area contributed by atoms with Gasteiger partial charge in [0.1, 0.15) is 5.82 Å². The van der Waals surface area contributed by atoms with Crippen molar-refractivity contribution in [2.75, 3.05) is 24.7 Å². The van der Waals surface area contributed by atoms with E-state index in [1.807, 2.05) is 0 Å². The minimum atomic E-state index is -3.86. The Morgan fingerprint density at radius 1 is 1.06 bits per heavy atom. The fraction of sp³-hybridized carbons (Fsp3) is 0.318. The van der Waals surface area contributed by atoms with Crippen LogP contribution in [0.2, 0.25) is 0 Å². The molecule has 1 aliphatic rings. The fourth-order valence-corrected chi connectivity index (χ4v) is 5.90. The van der Waals surface area contributed by atoms with Gasteiger partial charge in [0.05, 0.1) is 22.1 Å². The standard InChI is InChI=1S/C22H23FN4O6S2/c1-34(29,30)18-8-4-15(5-9-18)13-20-25-26-22(33-20)24-21(28)16-3-2-12-27(14-16)35(31,32)19-10-6-17(23)7-11-19/h4-11,16H,2-3,12-14H2,1H3,(H,24,26,28). The number of hydrogen-bond donors (Lipinski definition) is 1. The van der Waals surface area contributed by atoms with Crippen molar-refractivity contribution < 1.29 is 30.4 Å². The van der Waals surface area contributed by atoms with Crippen molar-refractivity contribution in [2.24, 2.45) is 5.92 Å². The Labute approximate surface area is 202 Å². The summed E-state index contributed by atoms with van der Waals surface area (Å²) in [4.78, 5) is 12.9. The number of nitrogens with zero attached hydrogens (tertiary/aromatic N) is 3. The van der Waals surface area contributed by atoms with Gasteiger partial charge in [0.25, 0.3) is 0 Å². The summed E-state index contributed by atoms with van der Waals surface area (Å²) < 4.78 is 68.8. The topological polar surface area (TPSA) is 140 Å². The predicted molar refractivity (Wildman–Crippen MR) is 123 cm³/mol. The third-order valence-electron chi connectivity index (χ3n) is 5.61. The molecule has 0 saturated carbocycles. The molecule has 13 heteroatoms. The van der Waals surface area contributed by atoms with Crippen LogP contribution in [0.3, 0.4) is 0 Å². The lowest BCUT2D eigenvalue weighted by Crippen LogP contribution is -2.43. The van der Waals surface area contributed by atoms with Crippen LogP contribution in [0.25, 0.3) is 0 Å². The summed E-state index contributed by atoms with van der Waals surface area (Å²) in [7, 11) is -7.16. The zero-order valence-electron chi connectivity index (χ0n) is 18.7. The second-order valence-corrected chi connectivity index (χ2v) is 12.2. The molecule has 3 aromatic rings. The molecule has 1 unspecified atom stereocenters. The third-order valence-corrected chi connectivity index (χ3v) is 8.62. The molecule has 0 aliphatic carbocycles. The molecule has 1 saturated heterocycles. The molecule has 2 aromatic carbocycles. The minimum Gasteiger partial charge on any atom is -0.407 e. The van der Waals surface area contributed by atoms with Crippen molar-refractivity contribution in [3.05, 3.63) is 65.8 Å². The van der Waals surface area contributed by atoms with Crippen molar-refractivity contribution in [3.63, 3.8) is 0 Å². The molecule has 10 nitrogen and oxygen atoms in total. The number of sulfone groups is 1. The molecule has 1 aliphatic heterocycles. The molecule has 1 N–H and O–H groups in total. The number of halogens is 1. The highest BCUT2D eigenvalue weighted by atomic mass is 32.2. The van der Waals surface area contributed by atoms with E-state index in [-0.39, 0.29) is 41.2 Å². The summed E-state index contributed by atoms with van der Waals surface area (Å²) in [6.07, 6.45) is 2.32. The number of amides is 1. The fourth-order valence-electron chi connectivity index (χ4n) is 3.74. The lowest BCUT2D eigenvalue weighted by atomic mass is 9.99. The molecular weight excluding hydrogens is 499 g/mol. The lowest BCUT2D eigenvalue weighted by molar-refractivity contribution is -0.121. The van der Waals surface area contributed by atoms with E-state index >= 15 is 0 Å². The molecular formula is C22H23FN4O6S2. The first-order chi connectivity index (χ1) is 16.5. The van der Waals surface area contributed by atoms with Crippen LogP contribution >= 0.6 is 0 Å². The van der Waals surface area contributed by atoms with Gasteiger partial charge in [0, 0.05) is 19.3 Å². The summed E-state index contributed by atoms with van der Waals surface area (Å²) in [5, 5.41) is 10.2. The van der Waals surface area contributed by atoms with E-state index in [0.29, 0.717) is 12.8 Å². The Morgan fingerprint density at radius 2 is 1.71 bits per heavy atom. The van der Waals surface area contributed by atoms with Crippen LogP contribution in [-0.4, -0.2) is 56.6 Å². The van der Waals surface area contributed by atoms with Crippen LogP contribution in [0.15, 0.2) is 62.7 Å². The maximum absolute atomic E-state index is 13.2. The molecule has 0 spiro atoms. The van der Waals surface area contributed by atoms with Gasteiger partial charge >= 0.3 is 6.01 Å². The first kappa shape index (κ1) is 24.9. The molecule has 35 heavy (non-hydrogen) atoms. The van der Waals surface area contributed by atoms with Crippen LogP contribution in [-0.2, 0) is 31.1 Å². The summed E-state index contributed by atoms with van der Waals surface area (Å²) >= 11 is 0. The molecule has 4 rings (SSSR count). The number of piperidine rings is 1. The Kier molecular flexibility index (Phi) is 7.01. The second-order valence-electron chi connectivity index (χ2n) is 8.24. The maximum Gasteiger partial charge on any atom is 0.322 e. The van der Waals surface area contributed by atoms with Crippen molar-refractivity contribution in [3.8, 4) is 0 Å². The average Bonchev–Trinajstić information content (AvgIpc) is 3.25. The average molecular weight is 523 g/mol. The second kappa shape index (κ2) is 9.84. The first-order valence-electron chi connectivity index (χ1n) is 10.7. The van der Waals surface area contributed by atoms with Crippen LogP contribution in [0.5, 0.6) is 0 Å². The van der Waals surface area contributed by atoms with Crippen LogP contribution in [0.1, 0.15) is 24.3 Å². The van der Waals surface area contributed by atoms with Gasteiger partial charge in [-0.15, -0.1) is 5.10 Å². The number of sulfonamides is 1. The van der Waals surface area contributed by atoms with Crippen LogP contribution in [0.4, 0.5) is 10.4 Å². The van der Waals surface area contributed by atoms with Crippen LogP contribution < -0.4 is 5.32 Å². The SMILES string of the molecule is CS(=O)(=O)c1ccc(Cc2nnc(NC(=O)C3CCCN(S(=O)(=O)c4ccc(F)cc4)C3)o2)cc1. The number of carbonyl (C=O) groups is 1. The van der Waals surface area contributed by atoms with Gasteiger partial charge in [-0.3, -0.25) is 10.1 Å². The highest BCUT2D eigenvalue weighted by Crippen LogP contribution is 2.25. The van der Waals surface area contributed by atoms with Crippen molar-refractivity contribution in [2.45, 2.75) is 29.1 Å². The number of carbonyl (C=O) groups excluding carboxylic acids is 1. The van der Waals surface area contributed by atoms with Gasteiger partial charge in [-0.25, -0.2) is 21.2 Å². The van der Waals surface area contributed by atoms with Gasteiger partial charge in [0.15, 0.2) is 9.84 Å². The first-order valence-corrected chi connectivity index (χ1v) is 14.0. The number of rotatable bonds is 7. The van der Waals surface area contributed by atoms with E-state index in [0.717, 1.165) is 24.0 Å². The largest absolute Gasteiger partial charge is 0.407 e. The van der Waals surface area contributed by atoms with Gasteiger partial charge in [-0.2, -0.15) is 4.31 Å². The highest BCUT2D eigenvalue weighted by Gasteiger charge is 2.33. The van der Waals surface area contributed by atoms with E-state index in [1.165, 1.54) is 28.6 Å². The number of anilines is 1. The quantitative estimate of drug-likeness (QED) is 0.498. The Hall–Kier alpha value is -3.16. The molecule has 0 bridgehead atoms. The number of nitrogens with one attached hydrogen (secondary N) is 1. The molecule has 1 aromatic heterocycles. The summed E-state index contributed by atoms with van der Waals surface area (Å²) in [6, 6.07) is 10.7. The lowest BCUT2D eigenvalue weighted by Gasteiger charge is -2.30. The van der Waals surface area contributed by atoms with E-state index in [2.05, 4.69) is 15.5 Å². The van der Waals surface area contributed by atoms with Crippen LogP contribution in [0, 0.1) is 11.7 Å². The number of hydrogen-bond acceptors (Lipinski definition) is 8. The number of benzene rings is 2. The Morgan fingerprint density at radius 3 is 2.37 bits per heavy atom. The summed E-state index contributed by atoms with van der Waals surface area (Å²) in [5.74, 6) is -1.39. The van der Waals surface area contributed by atoms with E-state index in [9.17, 15) is 26.0 Å². The number of aromatic nitrogens is 2. The third kappa shape index (κ3) is 5.92. The molecule has 0 radical (unpaired) electrons. The highest BCUT2D eigenvalue weighted by molar-refractivity contribution is 7.90. The van der Waals surface area contributed by atoms with Gasteiger partial charge in [0.2, 0.25) is 21.8 Å². The molecule has 1 atom stereocenters. The molecule has 1 amide bonds. The van der Waals surface area contributed by atoms with E-state index in [1.54, 1.807) is 12.1 Å². The van der Waals surface area contributed by atoms with E-state index in [4.69, 9.17) is 4.42 Å². The molecule has 1 fully saturated rings. The summed E-state index contributed by atoms with van der Waals surface area (Å²) in [6.45, 7) is 0.228. The van der Waals surface area contributed by atoms with Gasteiger partial charge in [-0.1, -0.05) is 17.2 Å². The van der Waals surface area contributed by atoms with Crippen molar-refractivity contribution >= 4 is 31.8 Å². The molecule has 2 heterocycles. The van der Waals surface area contributed by atoms with Crippen molar-refractivity contribution in [1.29, 1.82) is 0 Å². The van der Waals surface area contributed by atoms with Gasteiger partial charge < -0.3 is 4.42 Å². The monoisotopic (exact) mass is 522 g/mol. The predicted octanol–water partition coefficient (Wildman–Crippen LogP) is 2.24. The zero-order valence-corrected chi connectivity index (χ0v) is 20.4. The molecule has 186 valence electrons. The minimum absolute atomic E-state index is 0.0285. The zero-order chi connectivity index (χ0) is 25.2. The smallest absolute Gasteiger partial charge is 0.322 e. The van der Waals surface area contributed by atoms with E-state index < -0.39 is 37.5 Å². The Balaban J connectivity index is 1.38.